The fraction of sp³-hybridized carbons (Fsp3) is 0.400. The summed E-state index contributed by atoms with van der Waals surface area (Å²) in [5, 5.41) is 14.9. The van der Waals surface area contributed by atoms with E-state index in [0.29, 0.717) is 17.1 Å². The van der Waals surface area contributed by atoms with Gasteiger partial charge in [0.05, 0.1) is 30.3 Å². The predicted molar refractivity (Wildman–Crippen MR) is 108 cm³/mol. The standard InChI is InChI=1S/C20H21F2N7O2/c1-11(20(31)29(2)10-17(21)22)27-14-5-13(7-24-15(14)6-23)16-8-26-18(9-25-16)28-19(30)12-3-4-12/h5,7-9,11-12,17,27H,3-4,10H2,1-2H3,(H,26,28,30)/t11-/m0/s1. The highest BCUT2D eigenvalue weighted by atomic mass is 19.3. The lowest BCUT2D eigenvalue weighted by atomic mass is 10.1. The Hall–Kier alpha value is -3.68. The van der Waals surface area contributed by atoms with E-state index in [9.17, 15) is 23.6 Å². The lowest BCUT2D eigenvalue weighted by molar-refractivity contribution is -0.132. The molecule has 2 N–H and O–H groups in total. The number of aromatic nitrogens is 3. The first-order valence-corrected chi connectivity index (χ1v) is 9.61. The monoisotopic (exact) mass is 429 g/mol. The maximum Gasteiger partial charge on any atom is 0.255 e. The fourth-order valence-corrected chi connectivity index (χ4v) is 2.84. The van der Waals surface area contributed by atoms with Crippen LogP contribution in [0.5, 0.6) is 0 Å². The summed E-state index contributed by atoms with van der Waals surface area (Å²) in [6, 6.07) is 2.64. The second kappa shape index (κ2) is 9.42. The molecule has 162 valence electrons. The van der Waals surface area contributed by atoms with Crippen LogP contribution < -0.4 is 10.6 Å². The molecule has 1 saturated carbocycles. The summed E-state index contributed by atoms with van der Waals surface area (Å²) in [6.07, 6.45) is 3.43. The van der Waals surface area contributed by atoms with E-state index in [1.807, 2.05) is 6.07 Å². The molecule has 1 fully saturated rings. The minimum Gasteiger partial charge on any atom is -0.372 e. The molecule has 2 amide bonds. The summed E-state index contributed by atoms with van der Waals surface area (Å²) in [6.45, 7) is 0.822. The molecule has 1 aliphatic rings. The number of rotatable bonds is 8. The molecule has 31 heavy (non-hydrogen) atoms. The van der Waals surface area contributed by atoms with Crippen molar-refractivity contribution < 1.29 is 18.4 Å². The summed E-state index contributed by atoms with van der Waals surface area (Å²) in [5.41, 5.74) is 1.27. The average Bonchev–Trinajstić information content (AvgIpc) is 3.58. The van der Waals surface area contributed by atoms with Gasteiger partial charge in [-0.1, -0.05) is 0 Å². The van der Waals surface area contributed by atoms with E-state index in [1.165, 1.54) is 32.6 Å². The second-order valence-corrected chi connectivity index (χ2v) is 7.26. The van der Waals surface area contributed by atoms with Crippen molar-refractivity contribution in [1.29, 1.82) is 5.26 Å². The molecular weight excluding hydrogens is 408 g/mol. The quantitative estimate of drug-likeness (QED) is 0.660. The zero-order valence-electron chi connectivity index (χ0n) is 17.0. The molecule has 0 unspecified atom stereocenters. The molecule has 0 aromatic carbocycles. The Morgan fingerprint density at radius 1 is 1.26 bits per heavy atom. The van der Waals surface area contributed by atoms with Gasteiger partial charge < -0.3 is 15.5 Å². The van der Waals surface area contributed by atoms with Gasteiger partial charge in [0.25, 0.3) is 6.43 Å². The molecule has 1 atom stereocenters. The van der Waals surface area contributed by atoms with Gasteiger partial charge in [-0.2, -0.15) is 5.26 Å². The predicted octanol–water partition coefficient (Wildman–Crippen LogP) is 2.28. The van der Waals surface area contributed by atoms with Gasteiger partial charge in [0.15, 0.2) is 11.5 Å². The first kappa shape index (κ1) is 22.0. The van der Waals surface area contributed by atoms with Gasteiger partial charge in [-0.15, -0.1) is 0 Å². The number of halogens is 2. The van der Waals surface area contributed by atoms with Gasteiger partial charge in [0, 0.05) is 24.7 Å². The molecule has 0 bridgehead atoms. The summed E-state index contributed by atoms with van der Waals surface area (Å²) >= 11 is 0. The molecular formula is C20H21F2N7O2. The number of pyridine rings is 1. The average molecular weight is 429 g/mol. The van der Waals surface area contributed by atoms with Crippen molar-refractivity contribution in [3.05, 3.63) is 30.4 Å². The van der Waals surface area contributed by atoms with Crippen molar-refractivity contribution >= 4 is 23.3 Å². The van der Waals surface area contributed by atoms with Crippen molar-refractivity contribution in [1.82, 2.24) is 19.9 Å². The molecule has 1 aliphatic carbocycles. The molecule has 2 aromatic heterocycles. The Morgan fingerprint density at radius 3 is 2.58 bits per heavy atom. The summed E-state index contributed by atoms with van der Waals surface area (Å²) in [4.78, 5) is 37.5. The van der Waals surface area contributed by atoms with Crippen molar-refractivity contribution in [2.45, 2.75) is 32.2 Å². The number of nitrogens with one attached hydrogen (secondary N) is 2. The van der Waals surface area contributed by atoms with Crippen molar-refractivity contribution in [2.75, 3.05) is 24.2 Å². The van der Waals surface area contributed by atoms with Gasteiger partial charge >= 0.3 is 0 Å². The largest absolute Gasteiger partial charge is 0.372 e. The van der Waals surface area contributed by atoms with Gasteiger partial charge in [0.1, 0.15) is 12.1 Å². The lowest BCUT2D eigenvalue weighted by Gasteiger charge is -2.22. The van der Waals surface area contributed by atoms with Gasteiger partial charge in [0.2, 0.25) is 11.8 Å². The molecule has 0 radical (unpaired) electrons. The number of carbonyl (C=O) groups is 2. The topological polar surface area (TPSA) is 124 Å². The van der Waals surface area contributed by atoms with Gasteiger partial charge in [-0.05, 0) is 25.8 Å². The first-order valence-electron chi connectivity index (χ1n) is 9.61. The number of alkyl halides is 2. The van der Waals surface area contributed by atoms with Crippen LogP contribution in [0.15, 0.2) is 24.7 Å². The zero-order valence-corrected chi connectivity index (χ0v) is 17.0. The third-order valence-electron chi connectivity index (χ3n) is 4.67. The van der Waals surface area contributed by atoms with Crippen LogP contribution in [-0.4, -0.2) is 57.7 Å². The molecule has 0 saturated heterocycles. The van der Waals surface area contributed by atoms with Crippen LogP contribution in [0.2, 0.25) is 0 Å². The normalized spacial score (nSPS) is 13.9. The Labute approximate surface area is 177 Å². The van der Waals surface area contributed by atoms with E-state index in [0.717, 1.165) is 17.7 Å². The molecule has 2 heterocycles. The summed E-state index contributed by atoms with van der Waals surface area (Å²) < 4.78 is 25.1. The fourth-order valence-electron chi connectivity index (χ4n) is 2.84. The zero-order chi connectivity index (χ0) is 22.5. The number of hydrogen-bond acceptors (Lipinski definition) is 7. The maximum atomic E-state index is 12.5. The highest BCUT2D eigenvalue weighted by Crippen LogP contribution is 2.30. The smallest absolute Gasteiger partial charge is 0.255 e. The van der Waals surface area contributed by atoms with Crippen LogP contribution in [0.4, 0.5) is 20.3 Å². The van der Waals surface area contributed by atoms with E-state index in [2.05, 4.69) is 25.6 Å². The van der Waals surface area contributed by atoms with E-state index in [-0.39, 0.29) is 23.2 Å². The minimum absolute atomic E-state index is 0.0428. The SMILES string of the molecule is C[C@H](Nc1cc(-c2cnc(NC(=O)C3CC3)cn2)cnc1C#N)C(=O)N(C)CC(F)F. The molecule has 9 nitrogen and oxygen atoms in total. The van der Waals surface area contributed by atoms with Crippen LogP contribution in [0.1, 0.15) is 25.5 Å². The number of carbonyl (C=O) groups excluding carboxylic acids is 2. The van der Waals surface area contributed by atoms with Crippen molar-refractivity contribution in [3.63, 3.8) is 0 Å². The summed E-state index contributed by atoms with van der Waals surface area (Å²) in [7, 11) is 1.28. The number of amides is 2. The van der Waals surface area contributed by atoms with Crippen LogP contribution in [0, 0.1) is 17.2 Å². The van der Waals surface area contributed by atoms with Gasteiger partial charge in [-0.3, -0.25) is 14.6 Å². The third-order valence-corrected chi connectivity index (χ3v) is 4.67. The number of nitriles is 1. The Kier molecular flexibility index (Phi) is 6.69. The Balaban J connectivity index is 1.74. The van der Waals surface area contributed by atoms with Gasteiger partial charge in [-0.25, -0.2) is 18.7 Å². The highest BCUT2D eigenvalue weighted by Gasteiger charge is 2.29. The summed E-state index contributed by atoms with van der Waals surface area (Å²) in [5.74, 6) is -0.252. The molecule has 0 aliphatic heterocycles. The number of likely N-dealkylation sites (N-methyl/N-ethyl adjacent to an activating group) is 1. The van der Waals surface area contributed by atoms with Crippen LogP contribution in [0.25, 0.3) is 11.3 Å². The van der Waals surface area contributed by atoms with Crippen LogP contribution >= 0.6 is 0 Å². The van der Waals surface area contributed by atoms with E-state index >= 15 is 0 Å². The van der Waals surface area contributed by atoms with Crippen LogP contribution in [0.3, 0.4) is 0 Å². The van der Waals surface area contributed by atoms with E-state index in [1.54, 1.807) is 6.07 Å². The van der Waals surface area contributed by atoms with Crippen molar-refractivity contribution in [3.8, 4) is 17.3 Å². The Bertz CT molecular complexity index is 1000. The number of hydrogen-bond donors (Lipinski definition) is 2. The number of nitrogens with zero attached hydrogens (tertiary/aromatic N) is 5. The Morgan fingerprint density at radius 2 is 2.00 bits per heavy atom. The molecule has 0 spiro atoms. The molecule has 3 rings (SSSR count). The minimum atomic E-state index is -2.64. The van der Waals surface area contributed by atoms with E-state index in [4.69, 9.17) is 0 Å². The van der Waals surface area contributed by atoms with E-state index < -0.39 is 24.9 Å². The molecule has 11 heteroatoms. The maximum absolute atomic E-state index is 12.5. The first-order chi connectivity index (χ1) is 14.8. The number of anilines is 2. The molecule has 2 aromatic rings. The highest BCUT2D eigenvalue weighted by molar-refractivity contribution is 5.93. The van der Waals surface area contributed by atoms with Crippen LogP contribution in [-0.2, 0) is 9.59 Å². The lowest BCUT2D eigenvalue weighted by Crippen LogP contribution is -2.41. The van der Waals surface area contributed by atoms with Crippen molar-refractivity contribution in [2.24, 2.45) is 5.92 Å². The third kappa shape index (κ3) is 5.69. The second-order valence-electron chi connectivity index (χ2n) is 7.26.